The summed E-state index contributed by atoms with van der Waals surface area (Å²) in [5, 5.41) is 9.07. The van der Waals surface area contributed by atoms with Crippen molar-refractivity contribution in [2.45, 2.75) is 43.4 Å². The molecule has 3 N–H and O–H groups in total. The maximum Gasteiger partial charge on any atom is 0.407 e. The Labute approximate surface area is 150 Å². The second-order valence-electron chi connectivity index (χ2n) is 7.34. The lowest BCUT2D eigenvalue weighted by Crippen LogP contribution is -2.49. The SMILES string of the molecule is CC(C)(C)C1[C@@H](S(=O)(=O)c2ccc3nc(N)sc3c2)CCN1C(=O)O. The van der Waals surface area contributed by atoms with Gasteiger partial charge in [0.2, 0.25) is 0 Å². The average molecular weight is 383 g/mol. The number of anilines is 1. The number of carbonyl (C=O) groups is 1. The molecule has 2 aromatic rings. The van der Waals surface area contributed by atoms with E-state index in [0.717, 1.165) is 0 Å². The molecule has 1 unspecified atom stereocenters. The molecule has 2 heterocycles. The number of aromatic nitrogens is 1. The van der Waals surface area contributed by atoms with Crippen LogP contribution in [0.15, 0.2) is 23.1 Å². The van der Waals surface area contributed by atoms with Crippen LogP contribution in [0.5, 0.6) is 0 Å². The molecule has 0 bridgehead atoms. The summed E-state index contributed by atoms with van der Waals surface area (Å²) in [4.78, 5) is 17.1. The molecule has 2 atom stereocenters. The highest BCUT2D eigenvalue weighted by Crippen LogP contribution is 2.39. The predicted molar refractivity (Wildman–Crippen MR) is 97.6 cm³/mol. The predicted octanol–water partition coefficient (Wildman–Crippen LogP) is 2.82. The number of benzene rings is 1. The number of amides is 1. The minimum atomic E-state index is -3.69. The number of rotatable bonds is 2. The molecule has 1 saturated heterocycles. The Morgan fingerprint density at radius 2 is 2.08 bits per heavy atom. The van der Waals surface area contributed by atoms with E-state index in [2.05, 4.69) is 4.98 Å². The molecule has 0 saturated carbocycles. The number of nitrogens with two attached hydrogens (primary N) is 1. The van der Waals surface area contributed by atoms with Gasteiger partial charge in [-0.1, -0.05) is 32.1 Å². The van der Waals surface area contributed by atoms with Crippen molar-refractivity contribution in [2.75, 3.05) is 12.3 Å². The van der Waals surface area contributed by atoms with Crippen LogP contribution in [0.25, 0.3) is 10.2 Å². The lowest BCUT2D eigenvalue weighted by atomic mass is 9.85. The van der Waals surface area contributed by atoms with Crippen LogP contribution in [0.4, 0.5) is 9.93 Å². The summed E-state index contributed by atoms with van der Waals surface area (Å²) >= 11 is 1.23. The molecule has 0 radical (unpaired) electrons. The summed E-state index contributed by atoms with van der Waals surface area (Å²) in [6.07, 6.45) is -0.789. The number of hydrogen-bond acceptors (Lipinski definition) is 6. The summed E-state index contributed by atoms with van der Waals surface area (Å²) in [7, 11) is -3.69. The fourth-order valence-electron chi connectivity index (χ4n) is 3.60. The van der Waals surface area contributed by atoms with Crippen LogP contribution >= 0.6 is 11.3 Å². The summed E-state index contributed by atoms with van der Waals surface area (Å²) in [5.41, 5.74) is 5.85. The number of hydrogen-bond donors (Lipinski definition) is 2. The minimum Gasteiger partial charge on any atom is -0.465 e. The molecule has 1 aromatic carbocycles. The van der Waals surface area contributed by atoms with Gasteiger partial charge in [-0.2, -0.15) is 0 Å². The topological polar surface area (TPSA) is 114 Å². The Hall–Kier alpha value is -1.87. The van der Waals surface area contributed by atoms with Gasteiger partial charge in [-0.25, -0.2) is 18.2 Å². The normalized spacial score (nSPS) is 21.8. The molecular weight excluding hydrogens is 362 g/mol. The van der Waals surface area contributed by atoms with Crippen molar-refractivity contribution in [2.24, 2.45) is 5.41 Å². The largest absolute Gasteiger partial charge is 0.465 e. The zero-order chi connectivity index (χ0) is 18.6. The van der Waals surface area contributed by atoms with Gasteiger partial charge in [-0.3, -0.25) is 0 Å². The molecular formula is C16H21N3O4S2. The first-order chi connectivity index (χ1) is 11.5. The third kappa shape index (κ3) is 3.06. The van der Waals surface area contributed by atoms with E-state index >= 15 is 0 Å². The van der Waals surface area contributed by atoms with E-state index in [1.807, 2.05) is 20.8 Å². The van der Waals surface area contributed by atoms with Crippen LogP contribution in [0.3, 0.4) is 0 Å². The first-order valence-corrected chi connectivity index (χ1v) is 10.3. The fourth-order valence-corrected chi connectivity index (χ4v) is 6.65. The lowest BCUT2D eigenvalue weighted by molar-refractivity contribution is 0.107. The highest BCUT2D eigenvalue weighted by atomic mass is 32.2. The van der Waals surface area contributed by atoms with Crippen molar-refractivity contribution < 1.29 is 18.3 Å². The Balaban J connectivity index is 2.06. The number of fused-ring (bicyclic) bond motifs is 1. The molecule has 1 aromatic heterocycles. The monoisotopic (exact) mass is 383 g/mol. The second-order valence-corrected chi connectivity index (χ2v) is 10.6. The van der Waals surface area contributed by atoms with E-state index in [0.29, 0.717) is 21.8 Å². The average Bonchev–Trinajstić information content (AvgIpc) is 3.08. The molecule has 1 aliphatic heterocycles. The van der Waals surface area contributed by atoms with Gasteiger partial charge in [-0.15, -0.1) is 0 Å². The van der Waals surface area contributed by atoms with Gasteiger partial charge < -0.3 is 15.7 Å². The first-order valence-electron chi connectivity index (χ1n) is 7.91. The number of nitrogen functional groups attached to an aromatic ring is 1. The highest BCUT2D eigenvalue weighted by Gasteiger charge is 2.50. The zero-order valence-corrected chi connectivity index (χ0v) is 15.9. The van der Waals surface area contributed by atoms with Gasteiger partial charge in [0.25, 0.3) is 0 Å². The number of carboxylic acid groups (broad SMARTS) is 1. The molecule has 25 heavy (non-hydrogen) atoms. The number of nitrogens with zero attached hydrogens (tertiary/aromatic N) is 2. The molecule has 7 nitrogen and oxygen atoms in total. The van der Waals surface area contributed by atoms with Crippen molar-refractivity contribution in [3.05, 3.63) is 18.2 Å². The highest BCUT2D eigenvalue weighted by molar-refractivity contribution is 7.92. The number of thiazole rings is 1. The third-order valence-electron chi connectivity index (χ3n) is 4.58. The summed E-state index contributed by atoms with van der Waals surface area (Å²) in [5.74, 6) is 0. The van der Waals surface area contributed by atoms with Crippen LogP contribution in [0.1, 0.15) is 27.2 Å². The van der Waals surface area contributed by atoms with E-state index in [9.17, 15) is 18.3 Å². The van der Waals surface area contributed by atoms with Gasteiger partial charge in [0, 0.05) is 6.54 Å². The number of sulfone groups is 1. The molecule has 1 aliphatic rings. The molecule has 1 fully saturated rings. The number of likely N-dealkylation sites (tertiary alicyclic amines) is 1. The van der Waals surface area contributed by atoms with Gasteiger partial charge in [-0.05, 0) is 30.0 Å². The standard InChI is InChI=1S/C16H21N3O4S2/c1-16(2,3)13-12(6-7-19(13)15(20)21)25(22,23)9-4-5-10-11(8-9)24-14(17)18-10/h4-5,8,12-13H,6-7H2,1-3H3,(H2,17,18)(H,20,21)/t12-,13?/m0/s1. The van der Waals surface area contributed by atoms with E-state index < -0.39 is 32.6 Å². The van der Waals surface area contributed by atoms with Gasteiger partial charge in [0.05, 0.1) is 26.4 Å². The maximum atomic E-state index is 13.2. The van der Waals surface area contributed by atoms with Gasteiger partial charge in [0.1, 0.15) is 0 Å². The smallest absolute Gasteiger partial charge is 0.407 e. The quantitative estimate of drug-likeness (QED) is 0.824. The Morgan fingerprint density at radius 1 is 1.40 bits per heavy atom. The molecule has 136 valence electrons. The molecule has 9 heteroatoms. The minimum absolute atomic E-state index is 0.190. The van der Waals surface area contributed by atoms with E-state index in [1.54, 1.807) is 12.1 Å². The van der Waals surface area contributed by atoms with Crippen molar-refractivity contribution in [3.63, 3.8) is 0 Å². The zero-order valence-electron chi connectivity index (χ0n) is 14.3. The van der Waals surface area contributed by atoms with Crippen molar-refractivity contribution in [1.82, 2.24) is 9.88 Å². The first kappa shape index (κ1) is 17.9. The van der Waals surface area contributed by atoms with Crippen molar-refractivity contribution in [1.29, 1.82) is 0 Å². The summed E-state index contributed by atoms with van der Waals surface area (Å²) in [6, 6.07) is 4.16. The van der Waals surface area contributed by atoms with E-state index in [-0.39, 0.29) is 11.4 Å². The maximum absolute atomic E-state index is 13.2. The fraction of sp³-hybridized carbons (Fsp3) is 0.500. The summed E-state index contributed by atoms with van der Waals surface area (Å²) < 4.78 is 27.2. The van der Waals surface area contributed by atoms with E-state index in [4.69, 9.17) is 5.73 Å². The van der Waals surface area contributed by atoms with Crippen molar-refractivity contribution >= 4 is 42.6 Å². The van der Waals surface area contributed by atoms with Crippen LogP contribution in [-0.4, -0.2) is 47.3 Å². The van der Waals surface area contributed by atoms with Crippen molar-refractivity contribution in [3.8, 4) is 0 Å². The van der Waals surface area contributed by atoms with Crippen LogP contribution in [0.2, 0.25) is 0 Å². The van der Waals surface area contributed by atoms with Crippen LogP contribution in [-0.2, 0) is 9.84 Å². The Bertz CT molecular complexity index is 930. The van der Waals surface area contributed by atoms with Gasteiger partial charge in [0.15, 0.2) is 15.0 Å². The van der Waals surface area contributed by atoms with Crippen LogP contribution in [0, 0.1) is 5.41 Å². The third-order valence-corrected chi connectivity index (χ3v) is 7.63. The summed E-state index contributed by atoms with van der Waals surface area (Å²) in [6.45, 7) is 5.83. The second kappa shape index (κ2) is 5.84. The molecule has 0 aliphatic carbocycles. The molecule has 3 rings (SSSR count). The Kier molecular flexibility index (Phi) is 4.19. The Morgan fingerprint density at radius 3 is 2.68 bits per heavy atom. The molecule has 0 spiro atoms. The lowest BCUT2D eigenvalue weighted by Gasteiger charge is -2.36. The van der Waals surface area contributed by atoms with Gasteiger partial charge >= 0.3 is 6.09 Å². The van der Waals surface area contributed by atoms with Crippen LogP contribution < -0.4 is 5.73 Å². The van der Waals surface area contributed by atoms with E-state index in [1.165, 1.54) is 22.3 Å². The molecule has 1 amide bonds.